The summed E-state index contributed by atoms with van der Waals surface area (Å²) in [6.45, 7) is 0. The van der Waals surface area contributed by atoms with Crippen molar-refractivity contribution in [3.8, 4) is 0 Å². The molecule has 3 rings (SSSR count). The number of hydrogen-bond acceptors (Lipinski definition) is 1. The Labute approximate surface area is 153 Å². The van der Waals surface area contributed by atoms with Gasteiger partial charge in [-0.25, -0.2) is 0 Å². The Hall–Kier alpha value is -0.965. The largest absolute Gasteiger partial charge is 0.995 e. The number of carbonyl (C=O) groups excluding carboxylic acids is 1. The number of rotatable bonds is 2. The number of allylic oxidation sites excluding steroid dienone is 1. The van der Waals surface area contributed by atoms with E-state index in [1.165, 1.54) is 6.08 Å². The average Bonchev–Trinajstić information content (AvgIpc) is 2.47. The van der Waals surface area contributed by atoms with Gasteiger partial charge in [-0.15, -0.1) is 0 Å². The molecule has 2 nitrogen and oxygen atoms in total. The van der Waals surface area contributed by atoms with Gasteiger partial charge in [0.2, 0.25) is 0 Å². The molecule has 1 aliphatic heterocycles. The van der Waals surface area contributed by atoms with Crippen molar-refractivity contribution in [2.45, 2.75) is 0 Å². The van der Waals surface area contributed by atoms with E-state index < -0.39 is 7.11 Å². The summed E-state index contributed by atoms with van der Waals surface area (Å²) in [5, 5.41) is 0. The molecular formula is C15H9BF2I2O2. The maximum absolute atomic E-state index is 13.8. The van der Waals surface area contributed by atoms with E-state index in [9.17, 15) is 8.63 Å². The summed E-state index contributed by atoms with van der Waals surface area (Å²) in [5.41, 5.74) is 1.18. The van der Waals surface area contributed by atoms with Crippen molar-refractivity contribution in [2.75, 3.05) is 0 Å². The first-order valence-electron chi connectivity index (χ1n) is 6.41. The summed E-state index contributed by atoms with van der Waals surface area (Å²) in [6, 6.07) is 14.3. The van der Waals surface area contributed by atoms with Gasteiger partial charge < -0.3 is 17.6 Å². The van der Waals surface area contributed by atoms with Gasteiger partial charge in [-0.3, -0.25) is 0 Å². The van der Waals surface area contributed by atoms with Gasteiger partial charge in [-0.2, -0.15) is 0 Å². The third-order valence-electron chi connectivity index (χ3n) is 3.05. The molecule has 0 N–H and O–H groups in total. The summed E-state index contributed by atoms with van der Waals surface area (Å²) < 4.78 is 39.1. The zero-order valence-electron chi connectivity index (χ0n) is 11.1. The maximum atomic E-state index is 13.8. The Morgan fingerprint density at radius 2 is 1.32 bits per heavy atom. The van der Waals surface area contributed by atoms with Crippen LogP contribution >= 0.6 is 45.2 Å². The summed E-state index contributed by atoms with van der Waals surface area (Å²) in [5.74, 6) is 0.224. The third-order valence-corrected chi connectivity index (χ3v) is 4.49. The Morgan fingerprint density at radius 1 is 0.818 bits per heavy atom. The van der Waals surface area contributed by atoms with Crippen molar-refractivity contribution in [1.29, 1.82) is 0 Å². The molecule has 0 amide bonds. The molecule has 1 aliphatic rings. The lowest BCUT2D eigenvalue weighted by Gasteiger charge is -2.20. The Kier molecular flexibility index (Phi) is 4.53. The van der Waals surface area contributed by atoms with Crippen molar-refractivity contribution in [3.63, 3.8) is 0 Å². The standard InChI is InChI=1S/C15H9BF2I2O2/c17-16(18)21-14(10-1-5-12(19)6-2-10)9-15(22-16)11-3-7-13(20)8-4-11/h1-9H. The third kappa shape index (κ3) is 3.68. The van der Waals surface area contributed by atoms with E-state index in [0.717, 1.165) is 7.14 Å². The summed E-state index contributed by atoms with van der Waals surface area (Å²) in [7, 11) is -4.38. The minimum Gasteiger partial charge on any atom is -0.569 e. The van der Waals surface area contributed by atoms with E-state index in [2.05, 4.69) is 45.2 Å². The molecule has 7 heteroatoms. The van der Waals surface area contributed by atoms with Gasteiger partial charge in [0.05, 0.1) is 17.4 Å². The van der Waals surface area contributed by atoms with Crippen molar-refractivity contribution in [3.05, 3.63) is 72.9 Å². The van der Waals surface area contributed by atoms with Crippen LogP contribution in [0.25, 0.3) is 5.76 Å². The quantitative estimate of drug-likeness (QED) is 0.306. The van der Waals surface area contributed by atoms with Crippen LogP contribution in [-0.2, 0) is 4.65 Å². The first-order chi connectivity index (χ1) is 10.4. The van der Waals surface area contributed by atoms with Gasteiger partial charge in [0.25, 0.3) is 5.78 Å². The molecule has 0 aromatic heterocycles. The second-order valence-electron chi connectivity index (χ2n) is 4.66. The molecule has 0 saturated carbocycles. The maximum Gasteiger partial charge on any atom is 0.995 e. The summed E-state index contributed by atoms with van der Waals surface area (Å²) >= 11 is 4.31. The minimum absolute atomic E-state index is 0.112. The van der Waals surface area contributed by atoms with E-state index in [1.807, 2.05) is 24.3 Å². The van der Waals surface area contributed by atoms with Crippen LogP contribution in [0.2, 0.25) is 0 Å². The van der Waals surface area contributed by atoms with E-state index in [1.54, 1.807) is 24.3 Å². The summed E-state index contributed by atoms with van der Waals surface area (Å²) in [6.07, 6.45) is 1.50. The molecule has 22 heavy (non-hydrogen) atoms. The molecule has 2 aromatic rings. The second-order valence-corrected chi connectivity index (χ2v) is 7.15. The Morgan fingerprint density at radius 3 is 1.86 bits per heavy atom. The number of halogens is 4. The fourth-order valence-electron chi connectivity index (χ4n) is 2.04. The number of ketones is 1. The molecule has 2 aromatic carbocycles. The van der Waals surface area contributed by atoms with Gasteiger partial charge >= 0.3 is 7.11 Å². The van der Waals surface area contributed by atoms with Crippen LogP contribution in [-0.4, -0.2) is 12.9 Å². The highest BCUT2D eigenvalue weighted by Gasteiger charge is 2.53. The summed E-state index contributed by atoms with van der Waals surface area (Å²) in [4.78, 5) is 0. The van der Waals surface area contributed by atoms with Gasteiger partial charge in [0.15, 0.2) is 0 Å². The molecule has 0 unspecified atom stereocenters. The minimum atomic E-state index is -4.38. The lowest BCUT2D eigenvalue weighted by Crippen LogP contribution is -2.31. The van der Waals surface area contributed by atoms with E-state index in [4.69, 9.17) is 9.00 Å². The first kappa shape index (κ1) is 15.9. The Balaban J connectivity index is 2.03. The predicted molar refractivity (Wildman–Crippen MR) is 99.7 cm³/mol. The number of hydrogen-bond donors (Lipinski definition) is 0. The highest BCUT2D eigenvalue weighted by molar-refractivity contribution is 14.1. The van der Waals surface area contributed by atoms with Crippen LogP contribution < -0.4 is 0 Å². The van der Waals surface area contributed by atoms with Crippen LogP contribution in [0.3, 0.4) is 0 Å². The molecule has 0 radical (unpaired) electrons. The monoisotopic (exact) mass is 524 g/mol. The smallest absolute Gasteiger partial charge is 0.569 e. The molecular weight excluding hydrogens is 515 g/mol. The van der Waals surface area contributed by atoms with Gasteiger partial charge in [-0.05, 0) is 81.6 Å². The van der Waals surface area contributed by atoms with E-state index >= 15 is 0 Å². The molecule has 0 bridgehead atoms. The fourth-order valence-corrected chi connectivity index (χ4v) is 2.76. The molecule has 112 valence electrons. The first-order valence-corrected chi connectivity index (χ1v) is 8.57. The van der Waals surface area contributed by atoms with Crippen LogP contribution in [0.1, 0.15) is 15.5 Å². The van der Waals surface area contributed by atoms with E-state index in [0.29, 0.717) is 11.1 Å². The second kappa shape index (κ2) is 6.27. The highest BCUT2D eigenvalue weighted by Crippen LogP contribution is 2.29. The van der Waals surface area contributed by atoms with Crippen molar-refractivity contribution >= 4 is 63.8 Å². The Bertz CT molecular complexity index is 756. The lowest BCUT2D eigenvalue weighted by molar-refractivity contribution is -0.183. The molecule has 1 heterocycles. The van der Waals surface area contributed by atoms with Crippen molar-refractivity contribution in [1.82, 2.24) is 0 Å². The predicted octanol–water partition coefficient (Wildman–Crippen LogP) is 5.06. The topological polar surface area (TPSA) is 20.5 Å². The highest BCUT2D eigenvalue weighted by atomic mass is 127. The molecule has 0 fully saturated rings. The van der Waals surface area contributed by atoms with Gasteiger partial charge in [0, 0.05) is 12.7 Å². The van der Waals surface area contributed by atoms with Crippen LogP contribution in [0.5, 0.6) is 0 Å². The van der Waals surface area contributed by atoms with Crippen LogP contribution in [0, 0.1) is 7.14 Å². The molecule has 0 spiro atoms. The van der Waals surface area contributed by atoms with Crippen molar-refractivity contribution < 1.29 is 17.6 Å². The lowest BCUT2D eigenvalue weighted by atomic mass is 10.0. The van der Waals surface area contributed by atoms with Crippen LogP contribution in [0.4, 0.5) is 8.63 Å². The van der Waals surface area contributed by atoms with Gasteiger partial charge in [-0.1, -0.05) is 12.1 Å². The fraction of sp³-hybridized carbons (Fsp3) is 0. The molecule has 0 aliphatic carbocycles. The normalized spacial score (nSPS) is 16.5. The zero-order valence-corrected chi connectivity index (χ0v) is 15.4. The van der Waals surface area contributed by atoms with Gasteiger partial charge in [0.1, 0.15) is 0 Å². The SMILES string of the molecule is F[B-]1(F)OC(c2ccc(I)cc2)=CC(c2ccc(I)cc2)=[O+]1. The van der Waals surface area contributed by atoms with E-state index in [-0.39, 0.29) is 11.5 Å². The number of benzene rings is 2. The van der Waals surface area contributed by atoms with Crippen molar-refractivity contribution in [2.24, 2.45) is 0 Å². The zero-order chi connectivity index (χ0) is 15.7. The van der Waals surface area contributed by atoms with Crippen LogP contribution in [0.15, 0.2) is 54.6 Å². The molecule has 0 atom stereocenters. The average molecular weight is 524 g/mol. The molecule has 0 saturated heterocycles.